The molecule has 0 aromatic carbocycles. The van der Waals surface area contributed by atoms with Gasteiger partial charge in [-0.25, -0.2) is 0 Å². The van der Waals surface area contributed by atoms with Crippen LogP contribution in [-0.2, 0) is 0 Å². The molecular weight excluding hydrogens is 177 g/mol. The predicted molar refractivity (Wildman–Crippen MR) is 51.5 cm³/mol. The SMILES string of the molecule is c1cpc2pccpc2c1. The lowest BCUT2D eigenvalue weighted by Crippen LogP contribution is -1.51. The van der Waals surface area contributed by atoms with E-state index in [-0.39, 0.29) is 0 Å². The lowest BCUT2D eigenvalue weighted by Gasteiger charge is -1.90. The summed E-state index contributed by atoms with van der Waals surface area (Å²) in [5.74, 6) is 6.63. The van der Waals surface area contributed by atoms with Crippen molar-refractivity contribution >= 4 is 34.5 Å². The van der Waals surface area contributed by atoms with Crippen LogP contribution >= 0.6 is 24.6 Å². The van der Waals surface area contributed by atoms with Gasteiger partial charge in [0.15, 0.2) is 0 Å². The van der Waals surface area contributed by atoms with Gasteiger partial charge in [-0.2, -0.15) is 0 Å². The van der Waals surface area contributed by atoms with Crippen molar-refractivity contribution in [2.24, 2.45) is 0 Å². The van der Waals surface area contributed by atoms with Gasteiger partial charge in [-0.3, -0.25) is 0 Å². The molecule has 0 spiro atoms. The van der Waals surface area contributed by atoms with Gasteiger partial charge in [0.25, 0.3) is 0 Å². The summed E-state index contributed by atoms with van der Waals surface area (Å²) in [7, 11) is 4.14. The summed E-state index contributed by atoms with van der Waals surface area (Å²) < 4.78 is 0. The van der Waals surface area contributed by atoms with Crippen LogP contribution in [0.1, 0.15) is 0 Å². The maximum atomic E-state index is 2.22. The Bertz CT molecular complexity index is 280. The Labute approximate surface area is 64.6 Å². The Morgan fingerprint density at radius 2 is 1.70 bits per heavy atom. The average molecular weight is 182 g/mol. The Morgan fingerprint density at radius 3 is 2.60 bits per heavy atom. The van der Waals surface area contributed by atoms with E-state index in [1.54, 1.807) is 4.85 Å². The highest BCUT2D eigenvalue weighted by atomic mass is 31.1. The minimum atomic E-state index is 1.37. The van der Waals surface area contributed by atoms with Gasteiger partial charge in [0.1, 0.15) is 0 Å². The number of rotatable bonds is 0. The van der Waals surface area contributed by atoms with Crippen LogP contribution in [0.25, 0.3) is 9.97 Å². The predicted octanol–water partition coefficient (Wildman–Crippen LogP) is 4.58. The maximum absolute atomic E-state index is 2.22. The normalized spacial score (nSPS) is 12.4. The second-order valence-corrected chi connectivity index (χ2v) is 5.30. The van der Waals surface area contributed by atoms with E-state index in [0.717, 1.165) is 0 Å². The molecule has 0 saturated heterocycles. The molecule has 0 unspecified atom stereocenters. The lowest BCUT2D eigenvalue weighted by molar-refractivity contribution is 2.04. The van der Waals surface area contributed by atoms with Crippen LogP contribution in [0.3, 0.4) is 0 Å². The first kappa shape index (κ1) is 6.68. The first-order valence-electron chi connectivity index (χ1n) is 2.98. The minimum absolute atomic E-state index is 1.37. The van der Waals surface area contributed by atoms with Gasteiger partial charge in [-0.05, 0) is 23.5 Å². The summed E-state index contributed by atoms with van der Waals surface area (Å²) in [6, 6.07) is 4.35. The van der Waals surface area contributed by atoms with Crippen molar-refractivity contribution in [1.82, 2.24) is 0 Å². The zero-order valence-electron chi connectivity index (χ0n) is 5.23. The van der Waals surface area contributed by atoms with Crippen molar-refractivity contribution in [1.29, 1.82) is 0 Å². The molecule has 0 aliphatic heterocycles. The Kier molecular flexibility index (Phi) is 1.96. The summed E-state index contributed by atoms with van der Waals surface area (Å²) in [5, 5.41) is 1.49. The van der Waals surface area contributed by atoms with Crippen molar-refractivity contribution in [3.63, 3.8) is 0 Å². The summed E-state index contributed by atoms with van der Waals surface area (Å²) in [6.45, 7) is 0. The number of hydrogen-bond donors (Lipinski definition) is 0. The van der Waals surface area contributed by atoms with Gasteiger partial charge in [0, 0.05) is 9.97 Å². The quantitative estimate of drug-likeness (QED) is 0.559. The van der Waals surface area contributed by atoms with Crippen molar-refractivity contribution in [3.8, 4) is 0 Å². The number of fused-ring (bicyclic) bond motifs is 1. The van der Waals surface area contributed by atoms with E-state index < -0.39 is 0 Å². The third kappa shape index (κ3) is 1.21. The van der Waals surface area contributed by atoms with Crippen LogP contribution in [0.2, 0.25) is 0 Å². The van der Waals surface area contributed by atoms with Gasteiger partial charge in [-0.15, -0.1) is 0 Å². The average Bonchev–Trinajstić information content (AvgIpc) is 2.05. The van der Waals surface area contributed by atoms with E-state index in [1.807, 2.05) is 0 Å². The van der Waals surface area contributed by atoms with Crippen molar-refractivity contribution in [2.75, 3.05) is 0 Å². The molecule has 48 valence electrons. The number of hydrogen-bond acceptors (Lipinski definition) is 0. The van der Waals surface area contributed by atoms with Gasteiger partial charge >= 0.3 is 0 Å². The van der Waals surface area contributed by atoms with Gasteiger partial charge in [0.2, 0.25) is 0 Å². The molecule has 0 amide bonds. The van der Waals surface area contributed by atoms with Crippen LogP contribution in [0.15, 0.2) is 29.5 Å². The third-order valence-electron chi connectivity index (χ3n) is 1.24. The molecule has 0 nitrogen and oxygen atoms in total. The molecule has 2 aromatic heterocycles. The molecule has 0 radical (unpaired) electrons. The fourth-order valence-electron chi connectivity index (χ4n) is 0.806. The zero-order valence-corrected chi connectivity index (χ0v) is 7.91. The fraction of sp³-hybridized carbons (Fsp3) is 0. The van der Waals surface area contributed by atoms with E-state index in [9.17, 15) is 0 Å². The highest BCUT2D eigenvalue weighted by molar-refractivity contribution is 7.58. The van der Waals surface area contributed by atoms with Crippen LogP contribution in [-0.4, -0.2) is 0 Å². The van der Waals surface area contributed by atoms with Crippen LogP contribution in [0.4, 0.5) is 0 Å². The standard InChI is InChI=1S/C7H5P3/c1-2-6-7(9-3-1)10-5-4-8-6/h1-5H. The van der Waals surface area contributed by atoms with Crippen LogP contribution in [0.5, 0.6) is 0 Å². The molecule has 0 fully saturated rings. The van der Waals surface area contributed by atoms with Gasteiger partial charge in [-0.1, -0.05) is 30.6 Å². The molecule has 3 heteroatoms. The first-order valence-corrected chi connectivity index (χ1v) is 5.87. The topological polar surface area (TPSA) is 0 Å². The van der Waals surface area contributed by atoms with Crippen molar-refractivity contribution in [2.45, 2.75) is 0 Å². The van der Waals surface area contributed by atoms with Crippen molar-refractivity contribution in [3.05, 3.63) is 29.5 Å². The summed E-state index contributed by atoms with van der Waals surface area (Å²) in [5.41, 5.74) is 0. The molecule has 2 rings (SSSR count). The van der Waals surface area contributed by atoms with Gasteiger partial charge < -0.3 is 0 Å². The molecule has 0 saturated carbocycles. The van der Waals surface area contributed by atoms with E-state index >= 15 is 0 Å². The molecule has 0 aliphatic carbocycles. The van der Waals surface area contributed by atoms with Crippen molar-refractivity contribution < 1.29 is 0 Å². The third-order valence-corrected chi connectivity index (χ3v) is 5.06. The molecule has 0 atom stereocenters. The lowest BCUT2D eigenvalue weighted by atomic mass is 10.6. The Hall–Kier alpha value is -0.0100. The second-order valence-electron chi connectivity index (χ2n) is 1.90. The summed E-state index contributed by atoms with van der Waals surface area (Å²) >= 11 is 0. The van der Waals surface area contributed by atoms with Gasteiger partial charge in [0.05, 0.1) is 0 Å². The molecule has 0 bridgehead atoms. The molecule has 2 heterocycles. The smallest absolute Gasteiger partial charge is 0.0409 e. The van der Waals surface area contributed by atoms with E-state index in [4.69, 9.17) is 0 Å². The minimum Gasteiger partial charge on any atom is -0.0667 e. The van der Waals surface area contributed by atoms with Crippen LogP contribution < -0.4 is 0 Å². The summed E-state index contributed by atoms with van der Waals surface area (Å²) in [4.78, 5) is 1.55. The van der Waals surface area contributed by atoms with Crippen LogP contribution in [0, 0.1) is 0 Å². The second kappa shape index (κ2) is 2.93. The fourth-order valence-corrected chi connectivity index (χ4v) is 4.02. The maximum Gasteiger partial charge on any atom is 0.0409 e. The largest absolute Gasteiger partial charge is 0.0667 e. The summed E-state index contributed by atoms with van der Waals surface area (Å²) in [6.07, 6.45) is 0. The molecule has 10 heavy (non-hydrogen) atoms. The Balaban J connectivity index is 2.89. The van der Waals surface area contributed by atoms with E-state index in [2.05, 4.69) is 29.5 Å². The zero-order chi connectivity index (χ0) is 6.81. The molecule has 0 aliphatic rings. The van der Waals surface area contributed by atoms with E-state index in [1.165, 1.54) is 29.7 Å². The molecule has 0 N–H and O–H groups in total. The first-order chi connectivity index (χ1) is 4.97. The van der Waals surface area contributed by atoms with E-state index in [0.29, 0.717) is 0 Å². The molecule has 2 aromatic rings. The molecular formula is C7H5P3. The highest BCUT2D eigenvalue weighted by Gasteiger charge is 1.87. The Morgan fingerprint density at radius 1 is 0.900 bits per heavy atom. The monoisotopic (exact) mass is 182 g/mol. The highest BCUT2D eigenvalue weighted by Crippen LogP contribution is 2.34.